The fourth-order valence-electron chi connectivity index (χ4n) is 4.69. The zero-order valence-corrected chi connectivity index (χ0v) is 19.8. The predicted octanol–water partition coefficient (Wildman–Crippen LogP) is 5.20. The number of carbonyl (C=O) groups is 1. The van der Waals surface area contributed by atoms with Crippen LogP contribution < -0.4 is 5.32 Å². The second-order valence-electron chi connectivity index (χ2n) is 8.90. The number of nitrogens with one attached hydrogen (secondary N) is 1. The molecule has 5 rings (SSSR count). The average molecular weight is 477 g/mol. The van der Waals surface area contributed by atoms with Gasteiger partial charge in [0.25, 0.3) is 0 Å². The third-order valence-electron chi connectivity index (χ3n) is 6.51. The first-order chi connectivity index (χ1) is 16.5. The molecule has 1 N–H and O–H groups in total. The Balaban J connectivity index is 1.21. The van der Waals surface area contributed by atoms with Crippen molar-refractivity contribution in [1.29, 1.82) is 0 Å². The number of benzene rings is 3. The molecule has 1 aliphatic heterocycles. The van der Waals surface area contributed by atoms with Gasteiger partial charge in [-0.2, -0.15) is 0 Å². The molecule has 1 fully saturated rings. The summed E-state index contributed by atoms with van der Waals surface area (Å²) < 4.78 is 33.2. The Kier molecular flexibility index (Phi) is 6.39. The van der Waals surface area contributed by atoms with Gasteiger partial charge in [0.15, 0.2) is 0 Å². The highest BCUT2D eigenvalue weighted by atomic mass is 32.2. The van der Waals surface area contributed by atoms with Crippen molar-refractivity contribution in [2.45, 2.75) is 25.7 Å². The maximum Gasteiger partial charge on any atom is 0.228 e. The van der Waals surface area contributed by atoms with Crippen LogP contribution in [0.25, 0.3) is 21.9 Å². The monoisotopic (exact) mass is 476 g/mol. The molecule has 7 heteroatoms. The number of fused-ring (bicyclic) bond motifs is 3. The number of hydrogen-bond donors (Lipinski definition) is 1. The van der Waals surface area contributed by atoms with Crippen molar-refractivity contribution in [3.63, 3.8) is 0 Å². The summed E-state index contributed by atoms with van der Waals surface area (Å²) in [7, 11) is -3.40. The lowest BCUT2D eigenvalue weighted by molar-refractivity contribution is -0.120. The van der Waals surface area contributed by atoms with Crippen molar-refractivity contribution in [2.75, 3.05) is 24.2 Å². The summed E-state index contributed by atoms with van der Waals surface area (Å²) in [4.78, 5) is 13.0. The third kappa shape index (κ3) is 4.86. The van der Waals surface area contributed by atoms with Crippen LogP contribution in [0.3, 0.4) is 0 Å². The Morgan fingerprint density at radius 3 is 2.59 bits per heavy atom. The second-order valence-corrected chi connectivity index (χ2v) is 11.0. The summed E-state index contributed by atoms with van der Waals surface area (Å²) in [6, 6.07) is 23.4. The van der Waals surface area contributed by atoms with Crippen molar-refractivity contribution < 1.29 is 17.6 Å². The van der Waals surface area contributed by atoms with Crippen LogP contribution in [0.4, 0.5) is 5.69 Å². The SMILES string of the molecule is O=C(Nc1ccc2c(c1)oc1ccccc12)[C@@H]1CCCN(S(=O)(=O)CCCc2ccccc2)C1. The van der Waals surface area contributed by atoms with E-state index in [4.69, 9.17) is 4.42 Å². The number of furan rings is 1. The molecule has 1 aliphatic rings. The second kappa shape index (κ2) is 9.60. The molecule has 1 aromatic heterocycles. The number of para-hydroxylation sites is 1. The Bertz CT molecular complexity index is 1410. The fourth-order valence-corrected chi connectivity index (χ4v) is 6.27. The van der Waals surface area contributed by atoms with E-state index in [1.54, 1.807) is 0 Å². The van der Waals surface area contributed by atoms with E-state index >= 15 is 0 Å². The molecule has 0 unspecified atom stereocenters. The van der Waals surface area contributed by atoms with Crippen LogP contribution in [0.1, 0.15) is 24.8 Å². The first-order valence-corrected chi connectivity index (χ1v) is 13.3. The molecule has 0 bridgehead atoms. The summed E-state index contributed by atoms with van der Waals surface area (Å²) in [6.07, 6.45) is 2.65. The van der Waals surface area contributed by atoms with Gasteiger partial charge in [-0.15, -0.1) is 0 Å². The van der Waals surface area contributed by atoms with Crippen LogP contribution in [0.2, 0.25) is 0 Å². The van der Waals surface area contributed by atoms with Crippen LogP contribution in [0, 0.1) is 5.92 Å². The Labute approximate surface area is 199 Å². The molecule has 1 saturated heterocycles. The minimum absolute atomic E-state index is 0.0962. The quantitative estimate of drug-likeness (QED) is 0.398. The molecule has 34 heavy (non-hydrogen) atoms. The minimum atomic E-state index is -3.40. The van der Waals surface area contributed by atoms with E-state index < -0.39 is 10.0 Å². The zero-order chi connectivity index (χ0) is 23.5. The highest BCUT2D eigenvalue weighted by molar-refractivity contribution is 7.89. The lowest BCUT2D eigenvalue weighted by atomic mass is 9.98. The van der Waals surface area contributed by atoms with Gasteiger partial charge < -0.3 is 9.73 Å². The summed E-state index contributed by atoms with van der Waals surface area (Å²) in [5.41, 5.74) is 3.31. The Morgan fingerprint density at radius 2 is 1.74 bits per heavy atom. The number of amides is 1. The maximum absolute atomic E-state index is 13.0. The van der Waals surface area contributed by atoms with Crippen molar-refractivity contribution in [3.05, 3.63) is 78.4 Å². The number of nitrogens with zero attached hydrogens (tertiary/aromatic N) is 1. The number of sulfonamides is 1. The number of rotatable bonds is 7. The molecular weight excluding hydrogens is 448 g/mol. The number of piperidine rings is 1. The van der Waals surface area contributed by atoms with Crippen molar-refractivity contribution in [2.24, 2.45) is 5.92 Å². The zero-order valence-electron chi connectivity index (χ0n) is 18.9. The van der Waals surface area contributed by atoms with Gasteiger partial charge in [0.2, 0.25) is 15.9 Å². The highest BCUT2D eigenvalue weighted by Crippen LogP contribution is 2.31. The van der Waals surface area contributed by atoms with Gasteiger partial charge in [-0.05, 0) is 49.4 Å². The van der Waals surface area contributed by atoms with Crippen molar-refractivity contribution >= 4 is 43.6 Å². The van der Waals surface area contributed by atoms with Gasteiger partial charge in [0.05, 0.1) is 11.7 Å². The summed E-state index contributed by atoms with van der Waals surface area (Å²) in [5.74, 6) is -0.428. The summed E-state index contributed by atoms with van der Waals surface area (Å²) in [6.45, 7) is 0.703. The fraction of sp³-hybridized carbons (Fsp3) is 0.296. The summed E-state index contributed by atoms with van der Waals surface area (Å²) in [5, 5.41) is 5.00. The third-order valence-corrected chi connectivity index (χ3v) is 8.43. The molecule has 4 aromatic rings. The standard InChI is InChI=1S/C27H28N2O4S/c30-27(28-22-14-15-24-23-12-4-5-13-25(23)33-26(24)18-22)21-11-6-16-29(19-21)34(31,32)17-7-10-20-8-2-1-3-9-20/h1-5,8-9,12-15,18,21H,6-7,10-11,16-17,19H2,(H,28,30)/t21-/m1/s1. The smallest absolute Gasteiger partial charge is 0.228 e. The molecule has 0 spiro atoms. The number of anilines is 1. The molecule has 2 heterocycles. The predicted molar refractivity (Wildman–Crippen MR) is 135 cm³/mol. The van der Waals surface area contributed by atoms with Crippen molar-refractivity contribution in [3.8, 4) is 0 Å². The lowest BCUT2D eigenvalue weighted by Crippen LogP contribution is -2.44. The molecule has 1 atom stereocenters. The Morgan fingerprint density at radius 1 is 0.971 bits per heavy atom. The van der Waals surface area contributed by atoms with Crippen LogP contribution >= 0.6 is 0 Å². The number of carbonyl (C=O) groups excluding carboxylic acids is 1. The van der Waals surface area contributed by atoms with Gasteiger partial charge in [-0.3, -0.25) is 4.79 Å². The van der Waals surface area contributed by atoms with E-state index in [-0.39, 0.29) is 24.1 Å². The van der Waals surface area contributed by atoms with Crippen LogP contribution in [0.15, 0.2) is 77.2 Å². The van der Waals surface area contributed by atoms with E-state index in [1.165, 1.54) is 4.31 Å². The van der Waals surface area contributed by atoms with E-state index in [0.29, 0.717) is 37.1 Å². The van der Waals surface area contributed by atoms with Gasteiger partial charge in [0.1, 0.15) is 11.2 Å². The molecule has 0 saturated carbocycles. The van der Waals surface area contributed by atoms with Gasteiger partial charge >= 0.3 is 0 Å². The average Bonchev–Trinajstić information content (AvgIpc) is 3.22. The molecule has 1 amide bonds. The van der Waals surface area contributed by atoms with E-state index in [0.717, 1.165) is 28.3 Å². The number of hydrogen-bond acceptors (Lipinski definition) is 4. The maximum atomic E-state index is 13.0. The molecule has 176 valence electrons. The van der Waals surface area contributed by atoms with Gasteiger partial charge in [0, 0.05) is 35.6 Å². The molecule has 0 aliphatic carbocycles. The van der Waals surface area contributed by atoms with Crippen LogP contribution in [-0.4, -0.2) is 37.5 Å². The molecule has 6 nitrogen and oxygen atoms in total. The first-order valence-electron chi connectivity index (χ1n) is 11.7. The largest absolute Gasteiger partial charge is 0.456 e. The topological polar surface area (TPSA) is 79.6 Å². The van der Waals surface area contributed by atoms with E-state index in [1.807, 2.05) is 72.8 Å². The van der Waals surface area contributed by atoms with E-state index in [9.17, 15) is 13.2 Å². The molecular formula is C27H28N2O4S. The van der Waals surface area contributed by atoms with Crippen molar-refractivity contribution in [1.82, 2.24) is 4.31 Å². The number of aryl methyl sites for hydroxylation is 1. The Hall–Kier alpha value is -3.16. The van der Waals surface area contributed by atoms with Gasteiger partial charge in [-0.25, -0.2) is 12.7 Å². The van der Waals surface area contributed by atoms with Crippen LogP contribution in [0.5, 0.6) is 0 Å². The van der Waals surface area contributed by atoms with E-state index in [2.05, 4.69) is 5.32 Å². The summed E-state index contributed by atoms with van der Waals surface area (Å²) >= 11 is 0. The highest BCUT2D eigenvalue weighted by Gasteiger charge is 2.32. The molecule has 3 aromatic carbocycles. The first kappa shape index (κ1) is 22.6. The van der Waals surface area contributed by atoms with Gasteiger partial charge in [-0.1, -0.05) is 48.5 Å². The van der Waals surface area contributed by atoms with Crippen LogP contribution in [-0.2, 0) is 21.2 Å². The minimum Gasteiger partial charge on any atom is -0.456 e. The molecule has 0 radical (unpaired) electrons. The lowest BCUT2D eigenvalue weighted by Gasteiger charge is -2.31. The normalized spacial score (nSPS) is 17.2.